The molecule has 0 radical (unpaired) electrons. The molecule has 1 N–H and O–H groups in total. The second-order valence-corrected chi connectivity index (χ2v) is 5.00. The number of halogens is 1. The minimum absolute atomic E-state index is 0.0786. The molecule has 1 heterocycles. The van der Waals surface area contributed by atoms with Gasteiger partial charge < -0.3 is 5.32 Å². The highest BCUT2D eigenvalue weighted by molar-refractivity contribution is 7.98. The molecule has 1 aromatic heterocycles. The summed E-state index contributed by atoms with van der Waals surface area (Å²) >= 11 is 7.64. The molecule has 1 amide bonds. The molecule has 0 fully saturated rings. The summed E-state index contributed by atoms with van der Waals surface area (Å²) in [6.07, 6.45) is 3.80. The average Bonchev–Trinajstić information content (AvgIpc) is 2.33. The van der Waals surface area contributed by atoms with Crippen molar-refractivity contribution >= 4 is 29.3 Å². The lowest BCUT2D eigenvalue weighted by Gasteiger charge is -2.06. The number of carbonyl (C=O) groups excluding carboxylic acids is 1. The second kappa shape index (κ2) is 7.56. The van der Waals surface area contributed by atoms with Crippen molar-refractivity contribution in [2.24, 2.45) is 0 Å². The van der Waals surface area contributed by atoms with E-state index in [1.807, 2.05) is 6.92 Å². The Morgan fingerprint density at radius 3 is 2.94 bits per heavy atom. The van der Waals surface area contributed by atoms with Gasteiger partial charge in [0.15, 0.2) is 0 Å². The van der Waals surface area contributed by atoms with Crippen molar-refractivity contribution in [1.82, 2.24) is 10.3 Å². The van der Waals surface area contributed by atoms with Crippen LogP contribution in [0.15, 0.2) is 12.1 Å². The summed E-state index contributed by atoms with van der Waals surface area (Å²) in [5.74, 6) is 0.975. The number of amides is 1. The number of hydrogen-bond acceptors (Lipinski definition) is 3. The fourth-order valence-electron chi connectivity index (χ4n) is 1.38. The first-order valence-electron chi connectivity index (χ1n) is 5.61. The number of carbonyl (C=O) groups is 1. The van der Waals surface area contributed by atoms with E-state index in [0.29, 0.717) is 17.3 Å². The minimum atomic E-state index is -0.0786. The molecule has 0 aromatic carbocycles. The van der Waals surface area contributed by atoms with Crippen molar-refractivity contribution in [2.45, 2.75) is 19.8 Å². The van der Waals surface area contributed by atoms with E-state index in [0.717, 1.165) is 24.3 Å². The van der Waals surface area contributed by atoms with Crippen LogP contribution >= 0.6 is 23.4 Å². The first kappa shape index (κ1) is 14.3. The van der Waals surface area contributed by atoms with Crippen LogP contribution in [0.4, 0.5) is 0 Å². The van der Waals surface area contributed by atoms with Crippen molar-refractivity contribution in [2.75, 3.05) is 18.6 Å². The molecule has 3 nitrogen and oxygen atoms in total. The summed E-state index contributed by atoms with van der Waals surface area (Å²) < 4.78 is 0. The molecule has 0 saturated heterocycles. The highest BCUT2D eigenvalue weighted by Crippen LogP contribution is 2.11. The largest absolute Gasteiger partial charge is 0.352 e. The van der Waals surface area contributed by atoms with Crippen molar-refractivity contribution in [3.8, 4) is 0 Å². The second-order valence-electron chi connectivity index (χ2n) is 3.63. The molecule has 0 aliphatic heterocycles. The van der Waals surface area contributed by atoms with Gasteiger partial charge in [-0.2, -0.15) is 11.8 Å². The van der Waals surface area contributed by atoms with Crippen molar-refractivity contribution in [3.05, 3.63) is 28.5 Å². The maximum Gasteiger partial charge on any atom is 0.251 e. The Morgan fingerprint density at radius 1 is 1.53 bits per heavy atom. The summed E-state index contributed by atoms with van der Waals surface area (Å²) in [4.78, 5) is 16.0. The van der Waals surface area contributed by atoms with E-state index >= 15 is 0 Å². The molecule has 0 unspecified atom stereocenters. The molecule has 0 bridgehead atoms. The highest BCUT2D eigenvalue weighted by Gasteiger charge is 2.07. The fraction of sp³-hybridized carbons (Fsp3) is 0.500. The predicted molar refractivity (Wildman–Crippen MR) is 74.0 cm³/mol. The summed E-state index contributed by atoms with van der Waals surface area (Å²) in [5.41, 5.74) is 1.43. The van der Waals surface area contributed by atoms with Gasteiger partial charge in [-0.15, -0.1) is 0 Å². The van der Waals surface area contributed by atoms with Crippen LogP contribution in [0, 0.1) is 0 Å². The highest BCUT2D eigenvalue weighted by atomic mass is 35.5. The van der Waals surface area contributed by atoms with Crippen molar-refractivity contribution in [1.29, 1.82) is 0 Å². The maximum absolute atomic E-state index is 11.8. The number of nitrogens with zero attached hydrogens (tertiary/aromatic N) is 1. The van der Waals surface area contributed by atoms with E-state index in [1.165, 1.54) is 0 Å². The van der Waals surface area contributed by atoms with Crippen molar-refractivity contribution in [3.63, 3.8) is 0 Å². The SMILES string of the molecule is CCc1cc(C(=O)NCCCSC)cc(Cl)n1. The van der Waals surface area contributed by atoms with Gasteiger partial charge >= 0.3 is 0 Å². The van der Waals surface area contributed by atoms with Crippen molar-refractivity contribution < 1.29 is 4.79 Å². The van der Waals surface area contributed by atoms with E-state index in [1.54, 1.807) is 23.9 Å². The number of pyridine rings is 1. The fourth-order valence-corrected chi connectivity index (χ4v) is 2.04. The van der Waals surface area contributed by atoms with Gasteiger partial charge in [0.1, 0.15) is 5.15 Å². The number of thioether (sulfide) groups is 1. The van der Waals surface area contributed by atoms with Crippen LogP contribution in [0.2, 0.25) is 5.15 Å². The van der Waals surface area contributed by atoms with Crippen LogP contribution in [0.1, 0.15) is 29.4 Å². The Morgan fingerprint density at radius 2 is 2.29 bits per heavy atom. The minimum Gasteiger partial charge on any atom is -0.352 e. The normalized spacial score (nSPS) is 10.3. The zero-order chi connectivity index (χ0) is 12.7. The van der Waals surface area contributed by atoms with Gasteiger partial charge in [-0.3, -0.25) is 4.79 Å². The van der Waals surface area contributed by atoms with Gasteiger partial charge in [0.05, 0.1) is 0 Å². The number of nitrogens with one attached hydrogen (secondary N) is 1. The third kappa shape index (κ3) is 4.96. The zero-order valence-electron chi connectivity index (χ0n) is 10.1. The van der Waals surface area contributed by atoms with E-state index in [9.17, 15) is 4.79 Å². The Hall–Kier alpha value is -0.740. The van der Waals surface area contributed by atoms with Gasteiger partial charge in [0, 0.05) is 17.8 Å². The van der Waals surface area contributed by atoms with Gasteiger partial charge in [-0.1, -0.05) is 18.5 Å². The van der Waals surface area contributed by atoms with Crippen LogP contribution < -0.4 is 5.32 Å². The molecule has 0 saturated carbocycles. The molecule has 1 rings (SSSR count). The van der Waals surface area contributed by atoms with E-state index in [2.05, 4.69) is 16.6 Å². The molecule has 5 heteroatoms. The quantitative estimate of drug-likeness (QED) is 0.640. The summed E-state index contributed by atoms with van der Waals surface area (Å²) in [5, 5.41) is 3.25. The molecule has 0 spiro atoms. The predicted octanol–water partition coefficient (Wildman–Crippen LogP) is 2.78. The summed E-state index contributed by atoms with van der Waals surface area (Å²) in [7, 11) is 0. The first-order valence-corrected chi connectivity index (χ1v) is 7.38. The van der Waals surface area contributed by atoms with E-state index < -0.39 is 0 Å². The molecular formula is C12H17ClN2OS. The number of rotatable bonds is 6. The third-order valence-corrected chi connectivity index (χ3v) is 3.17. The summed E-state index contributed by atoms with van der Waals surface area (Å²) in [6.45, 7) is 2.68. The van der Waals surface area contributed by atoms with Crippen LogP contribution in [0.3, 0.4) is 0 Å². The topological polar surface area (TPSA) is 42.0 Å². The van der Waals surface area contributed by atoms with Crippen LogP contribution in [-0.2, 0) is 6.42 Å². The number of aromatic nitrogens is 1. The third-order valence-electron chi connectivity index (χ3n) is 2.28. The van der Waals surface area contributed by atoms with Gasteiger partial charge in [0.2, 0.25) is 0 Å². The zero-order valence-corrected chi connectivity index (χ0v) is 11.7. The van der Waals surface area contributed by atoms with Gasteiger partial charge in [0.25, 0.3) is 5.91 Å². The Kier molecular flexibility index (Phi) is 6.37. The smallest absolute Gasteiger partial charge is 0.251 e. The van der Waals surface area contributed by atoms with E-state index in [-0.39, 0.29) is 5.91 Å². The first-order chi connectivity index (χ1) is 8.17. The monoisotopic (exact) mass is 272 g/mol. The molecule has 0 aliphatic rings. The van der Waals surface area contributed by atoms with Crippen LogP contribution in [0.25, 0.3) is 0 Å². The molecule has 1 aromatic rings. The Labute approximate surface area is 111 Å². The molecule has 17 heavy (non-hydrogen) atoms. The lowest BCUT2D eigenvalue weighted by atomic mass is 10.2. The molecule has 94 valence electrons. The van der Waals surface area contributed by atoms with Gasteiger partial charge in [-0.25, -0.2) is 4.98 Å². The van der Waals surface area contributed by atoms with Gasteiger partial charge in [-0.05, 0) is 37.0 Å². The molecule has 0 atom stereocenters. The Bertz CT molecular complexity index is 385. The lowest BCUT2D eigenvalue weighted by molar-refractivity contribution is 0.0953. The average molecular weight is 273 g/mol. The van der Waals surface area contributed by atoms with E-state index in [4.69, 9.17) is 11.6 Å². The summed E-state index contributed by atoms with van der Waals surface area (Å²) in [6, 6.07) is 3.39. The lowest BCUT2D eigenvalue weighted by Crippen LogP contribution is -2.25. The standard InChI is InChI=1S/C12H17ClN2OS/c1-3-10-7-9(8-11(13)15-10)12(16)14-5-4-6-17-2/h7-8H,3-6H2,1-2H3,(H,14,16). The van der Waals surface area contributed by atoms with Crippen LogP contribution in [0.5, 0.6) is 0 Å². The van der Waals surface area contributed by atoms with Crippen LogP contribution in [-0.4, -0.2) is 29.4 Å². The maximum atomic E-state index is 11.8. The molecule has 0 aliphatic carbocycles. The number of hydrogen-bond donors (Lipinski definition) is 1. The molecular weight excluding hydrogens is 256 g/mol. The number of aryl methyl sites for hydroxylation is 1. The Balaban J connectivity index is 2.59.